The molecule has 0 aromatic carbocycles. The van der Waals surface area contributed by atoms with Crippen LogP contribution >= 0.6 is 0 Å². The Morgan fingerprint density at radius 2 is 0.512 bits per heavy atom. The zero-order chi connectivity index (χ0) is 60.5. The van der Waals surface area contributed by atoms with Crippen molar-refractivity contribution in [1.82, 2.24) is 0 Å². The Balaban J connectivity index is 3.44. The number of carbonyl (C=O) groups excluding carboxylic acids is 2. The molecule has 0 bridgehead atoms. The molecule has 0 aliphatic rings. The average molecular weight is 1170 g/mol. The third-order valence-corrected chi connectivity index (χ3v) is 16.1. The predicted molar refractivity (Wildman–Crippen MR) is 371 cm³/mol. The second-order valence-electron chi connectivity index (χ2n) is 24.3. The van der Waals surface area contributed by atoms with Crippen molar-refractivity contribution in [3.63, 3.8) is 0 Å². The Morgan fingerprint density at radius 1 is 0.286 bits per heavy atom. The molecule has 1 atom stereocenters. The maximum absolute atomic E-state index is 12.4. The number of unbranched alkanes of at least 4 members (excludes halogenated alkanes) is 41. The van der Waals surface area contributed by atoms with E-state index in [9.17, 15) is 14.7 Å². The van der Waals surface area contributed by atoms with Crippen LogP contribution in [0.15, 0.2) is 109 Å². The molecule has 1 N–H and O–H groups in total. The van der Waals surface area contributed by atoms with Crippen molar-refractivity contribution >= 4 is 11.9 Å². The van der Waals surface area contributed by atoms with Gasteiger partial charge in [0, 0.05) is 12.8 Å². The van der Waals surface area contributed by atoms with Crippen molar-refractivity contribution < 1.29 is 24.2 Å². The van der Waals surface area contributed by atoms with E-state index in [0.29, 0.717) is 12.8 Å². The minimum Gasteiger partial charge on any atom is -0.462 e. The number of aliphatic hydroxyl groups excluding tert-OH is 1. The quantitative estimate of drug-likeness (QED) is 0.0373. The predicted octanol–water partition coefficient (Wildman–Crippen LogP) is 25.5. The number of hydrogen-bond donors (Lipinski definition) is 1. The minimum absolute atomic E-state index is 0.0651. The number of ether oxygens (including phenoxy) is 2. The lowest BCUT2D eigenvalue weighted by Gasteiger charge is -2.15. The summed E-state index contributed by atoms with van der Waals surface area (Å²) in [4.78, 5) is 24.7. The van der Waals surface area contributed by atoms with Crippen molar-refractivity contribution in [3.05, 3.63) is 109 Å². The second-order valence-corrected chi connectivity index (χ2v) is 24.3. The molecule has 0 aromatic heterocycles. The van der Waals surface area contributed by atoms with Gasteiger partial charge in [-0.3, -0.25) is 9.59 Å². The third-order valence-electron chi connectivity index (χ3n) is 16.1. The van der Waals surface area contributed by atoms with E-state index in [2.05, 4.69) is 123 Å². The molecule has 0 rings (SSSR count). The summed E-state index contributed by atoms with van der Waals surface area (Å²) in [6.45, 7) is 4.05. The molecule has 0 heterocycles. The van der Waals surface area contributed by atoms with Crippen LogP contribution in [-0.4, -0.2) is 36.4 Å². The highest BCUT2D eigenvalue weighted by Gasteiger charge is 2.16. The van der Waals surface area contributed by atoms with Gasteiger partial charge in [-0.05, 0) is 103 Å². The van der Waals surface area contributed by atoms with Gasteiger partial charge in [0.05, 0.1) is 6.61 Å². The normalized spacial score (nSPS) is 12.8. The molecule has 0 amide bonds. The van der Waals surface area contributed by atoms with Gasteiger partial charge in [0.1, 0.15) is 6.61 Å². The number of allylic oxidation sites excluding steroid dienone is 18. The van der Waals surface area contributed by atoms with E-state index in [0.717, 1.165) is 89.9 Å². The average Bonchev–Trinajstić information content (AvgIpc) is 3.51. The molecule has 0 aliphatic heterocycles. The number of rotatable bonds is 67. The van der Waals surface area contributed by atoms with E-state index < -0.39 is 6.10 Å². The van der Waals surface area contributed by atoms with E-state index in [1.807, 2.05) is 0 Å². The Bertz CT molecular complexity index is 1610. The van der Waals surface area contributed by atoms with Gasteiger partial charge in [-0.25, -0.2) is 0 Å². The van der Waals surface area contributed by atoms with Gasteiger partial charge >= 0.3 is 11.9 Å². The Hall–Kier alpha value is -3.44. The van der Waals surface area contributed by atoms with Crippen LogP contribution < -0.4 is 0 Å². The van der Waals surface area contributed by atoms with Crippen molar-refractivity contribution in [2.45, 2.75) is 367 Å². The minimum atomic E-state index is -0.776. The van der Waals surface area contributed by atoms with E-state index in [1.165, 1.54) is 244 Å². The molecule has 84 heavy (non-hydrogen) atoms. The Morgan fingerprint density at radius 3 is 0.774 bits per heavy atom. The van der Waals surface area contributed by atoms with E-state index in [1.54, 1.807) is 0 Å². The van der Waals surface area contributed by atoms with Gasteiger partial charge < -0.3 is 14.6 Å². The summed E-state index contributed by atoms with van der Waals surface area (Å²) in [5.41, 5.74) is 0. The fourth-order valence-corrected chi connectivity index (χ4v) is 10.6. The molecule has 1 unspecified atom stereocenters. The molecule has 5 heteroatoms. The molecular formula is C79H138O5. The van der Waals surface area contributed by atoms with Crippen LogP contribution in [0.2, 0.25) is 0 Å². The van der Waals surface area contributed by atoms with Crippen molar-refractivity contribution in [1.29, 1.82) is 0 Å². The van der Waals surface area contributed by atoms with Crippen LogP contribution in [-0.2, 0) is 19.1 Å². The summed E-state index contributed by atoms with van der Waals surface area (Å²) in [6.07, 6.45) is 107. The van der Waals surface area contributed by atoms with E-state index in [4.69, 9.17) is 9.47 Å². The van der Waals surface area contributed by atoms with Crippen LogP contribution in [0.25, 0.3) is 0 Å². The SMILES string of the molecule is CC/C=C\C/C=C\C/C=C\C/C=C\C/C=C\C/C=C\CCCCCCCCCCCCCCCCCCCCC(=O)OC(CO)COC(=O)CCCCCCCCCCCCCCCCCCCC/C=C\C/C=C\C/C=C\CCCCCCC. The first kappa shape index (κ1) is 80.6. The second kappa shape index (κ2) is 73.8. The molecule has 0 aromatic rings. The van der Waals surface area contributed by atoms with Crippen LogP contribution in [0.3, 0.4) is 0 Å². The standard InChI is InChI=1S/C79H138O5/c1-3-5-7-9-11-13-15-17-19-21-23-25-27-29-31-33-35-37-38-39-40-42-44-46-48-50-52-54-56-58-60-62-64-66-68-70-72-74-79(82)84-77(75-80)76-83-78(81)73-71-69-67-65-63-61-59-57-55-53-51-49-47-45-43-41-36-34-32-30-28-26-24-22-20-18-16-14-12-10-8-6-4-2/h5,7,11,13,16-19,22-25,28-31,35,37,77,80H,3-4,6,8-10,12,14-15,20-21,26-27,32-34,36,38-76H2,1-2H3/b7-5-,13-11-,18-16-,19-17-,24-22-,25-23-,30-28-,31-29-,37-35-. The van der Waals surface area contributed by atoms with Crippen molar-refractivity contribution in [2.24, 2.45) is 0 Å². The van der Waals surface area contributed by atoms with Gasteiger partial charge in [-0.2, -0.15) is 0 Å². The monoisotopic (exact) mass is 1170 g/mol. The van der Waals surface area contributed by atoms with E-state index in [-0.39, 0.29) is 25.2 Å². The first-order valence-corrected chi connectivity index (χ1v) is 36.4. The largest absolute Gasteiger partial charge is 0.462 e. The fraction of sp³-hybridized carbons (Fsp3) is 0.747. The summed E-state index contributed by atoms with van der Waals surface area (Å²) >= 11 is 0. The zero-order valence-corrected chi connectivity index (χ0v) is 55.6. The van der Waals surface area contributed by atoms with Gasteiger partial charge in [0.15, 0.2) is 6.10 Å². The van der Waals surface area contributed by atoms with Crippen LogP contribution in [0.1, 0.15) is 361 Å². The lowest BCUT2D eigenvalue weighted by molar-refractivity contribution is -0.161. The van der Waals surface area contributed by atoms with Gasteiger partial charge in [-0.1, -0.05) is 354 Å². The number of aliphatic hydroxyl groups is 1. The van der Waals surface area contributed by atoms with Crippen molar-refractivity contribution in [3.8, 4) is 0 Å². The van der Waals surface area contributed by atoms with Gasteiger partial charge in [-0.15, -0.1) is 0 Å². The molecule has 0 saturated heterocycles. The fourth-order valence-electron chi connectivity index (χ4n) is 10.6. The van der Waals surface area contributed by atoms with Crippen LogP contribution in [0.5, 0.6) is 0 Å². The Kier molecular flexibility index (Phi) is 70.8. The highest BCUT2D eigenvalue weighted by atomic mass is 16.6. The maximum atomic E-state index is 12.4. The molecule has 5 nitrogen and oxygen atoms in total. The summed E-state index contributed by atoms with van der Waals surface area (Å²) in [7, 11) is 0. The molecule has 0 saturated carbocycles. The molecule has 0 spiro atoms. The highest BCUT2D eigenvalue weighted by molar-refractivity contribution is 5.70. The Labute approximate surface area is 522 Å². The first-order chi connectivity index (χ1) is 41.6. The number of hydrogen-bond acceptors (Lipinski definition) is 5. The van der Waals surface area contributed by atoms with E-state index >= 15 is 0 Å². The summed E-state index contributed by atoms with van der Waals surface area (Å²) in [5.74, 6) is -0.576. The smallest absolute Gasteiger partial charge is 0.306 e. The number of esters is 2. The van der Waals surface area contributed by atoms with Crippen LogP contribution in [0.4, 0.5) is 0 Å². The molecular weight excluding hydrogens is 1030 g/mol. The van der Waals surface area contributed by atoms with Gasteiger partial charge in [0.25, 0.3) is 0 Å². The summed E-state index contributed by atoms with van der Waals surface area (Å²) in [6, 6.07) is 0. The summed E-state index contributed by atoms with van der Waals surface area (Å²) in [5, 5.41) is 9.71. The molecule has 0 fully saturated rings. The third kappa shape index (κ3) is 71.0. The molecule has 484 valence electrons. The zero-order valence-electron chi connectivity index (χ0n) is 55.6. The highest BCUT2D eigenvalue weighted by Crippen LogP contribution is 2.18. The lowest BCUT2D eigenvalue weighted by Crippen LogP contribution is -2.28. The molecule has 0 radical (unpaired) electrons. The lowest BCUT2D eigenvalue weighted by atomic mass is 10.0. The topological polar surface area (TPSA) is 72.8 Å². The first-order valence-electron chi connectivity index (χ1n) is 36.4. The van der Waals surface area contributed by atoms with Crippen molar-refractivity contribution in [2.75, 3.05) is 13.2 Å². The maximum Gasteiger partial charge on any atom is 0.306 e. The van der Waals surface area contributed by atoms with Crippen LogP contribution in [0, 0.1) is 0 Å². The molecule has 0 aliphatic carbocycles. The van der Waals surface area contributed by atoms with Gasteiger partial charge in [0.2, 0.25) is 0 Å². The summed E-state index contributed by atoms with van der Waals surface area (Å²) < 4.78 is 10.8. The number of carbonyl (C=O) groups is 2.